The zero-order valence-electron chi connectivity index (χ0n) is 17.8. The summed E-state index contributed by atoms with van der Waals surface area (Å²) in [6.45, 7) is 13.3. The fraction of sp³-hybridized carbons (Fsp3) is 0.280. The van der Waals surface area contributed by atoms with E-state index < -0.39 is 0 Å². The first-order valence-electron chi connectivity index (χ1n) is 10.3. The fourth-order valence-electron chi connectivity index (χ4n) is 3.70. The zero-order chi connectivity index (χ0) is 21.5. The van der Waals surface area contributed by atoms with E-state index in [1.54, 1.807) is 28.9 Å². The molecule has 5 nitrogen and oxygen atoms in total. The summed E-state index contributed by atoms with van der Waals surface area (Å²) in [5.41, 5.74) is 0.615. The number of aromatic nitrogens is 2. The Bertz CT molecular complexity index is 1100. The molecule has 5 heteroatoms. The van der Waals surface area contributed by atoms with E-state index in [0.29, 0.717) is 16.4 Å². The van der Waals surface area contributed by atoms with Crippen LogP contribution in [0.5, 0.6) is 5.75 Å². The van der Waals surface area contributed by atoms with Crippen LogP contribution in [0, 0.1) is 6.92 Å². The molecule has 0 amide bonds. The third-order valence-corrected chi connectivity index (χ3v) is 5.11. The second-order valence-electron chi connectivity index (χ2n) is 7.23. The molecule has 30 heavy (non-hydrogen) atoms. The lowest BCUT2D eigenvalue weighted by molar-refractivity contribution is 0.123. The molecule has 1 fully saturated rings. The number of nitrogens with zero attached hydrogens (tertiary/aromatic N) is 3. The Balaban J connectivity index is 1.85. The van der Waals surface area contributed by atoms with Crippen LogP contribution in [-0.4, -0.2) is 33.6 Å². The summed E-state index contributed by atoms with van der Waals surface area (Å²) in [5.74, 6) is 1.43. The number of aryl methyl sites for hydroxylation is 1. The van der Waals surface area contributed by atoms with Gasteiger partial charge in [-0.1, -0.05) is 31.4 Å². The van der Waals surface area contributed by atoms with E-state index in [2.05, 4.69) is 35.3 Å². The smallest absolute Gasteiger partial charge is 0.265 e. The van der Waals surface area contributed by atoms with Crippen molar-refractivity contribution in [3.05, 3.63) is 88.6 Å². The minimum atomic E-state index is -0.138. The summed E-state index contributed by atoms with van der Waals surface area (Å²) in [6, 6.07) is 7.63. The van der Waals surface area contributed by atoms with Crippen LogP contribution in [0.1, 0.15) is 25.6 Å². The van der Waals surface area contributed by atoms with Crippen molar-refractivity contribution >= 4 is 12.2 Å². The van der Waals surface area contributed by atoms with E-state index in [9.17, 15) is 4.79 Å². The molecule has 0 atom stereocenters. The molecule has 0 saturated carbocycles. The minimum absolute atomic E-state index is 0.138. The molecule has 0 radical (unpaired) electrons. The second-order valence-corrected chi connectivity index (χ2v) is 7.23. The van der Waals surface area contributed by atoms with Crippen LogP contribution in [0.15, 0.2) is 66.6 Å². The van der Waals surface area contributed by atoms with Gasteiger partial charge in [0, 0.05) is 25.9 Å². The molecular weight excluding hydrogens is 374 g/mol. The van der Waals surface area contributed by atoms with Crippen molar-refractivity contribution in [2.75, 3.05) is 13.1 Å². The first-order valence-corrected chi connectivity index (χ1v) is 10.3. The van der Waals surface area contributed by atoms with E-state index in [4.69, 9.17) is 4.74 Å². The highest BCUT2D eigenvalue weighted by molar-refractivity contribution is 5.43. The molecule has 1 aromatic heterocycles. The Labute approximate surface area is 177 Å². The van der Waals surface area contributed by atoms with Crippen molar-refractivity contribution in [3.63, 3.8) is 0 Å². The first-order chi connectivity index (χ1) is 14.6. The Morgan fingerprint density at radius 3 is 2.37 bits per heavy atom. The average molecular weight is 404 g/mol. The van der Waals surface area contributed by atoms with Gasteiger partial charge in [-0.15, -0.1) is 0 Å². The number of ether oxygens (including phenoxy) is 1. The number of hydrogen-bond donors (Lipinski definition) is 0. The Kier molecular flexibility index (Phi) is 7.07. The number of allylic oxidation sites excluding steroid dienone is 3. The van der Waals surface area contributed by atoms with Gasteiger partial charge in [0.2, 0.25) is 0 Å². The number of piperidine rings is 1. The summed E-state index contributed by atoms with van der Waals surface area (Å²) < 4.78 is 7.76. The van der Waals surface area contributed by atoms with Crippen molar-refractivity contribution in [2.24, 2.45) is 0 Å². The van der Waals surface area contributed by atoms with E-state index in [1.807, 2.05) is 38.1 Å². The Morgan fingerprint density at radius 1 is 1.10 bits per heavy atom. The molecule has 3 rings (SSSR count). The summed E-state index contributed by atoms with van der Waals surface area (Å²) in [6.07, 6.45) is 13.0. The monoisotopic (exact) mass is 403 g/mol. The van der Waals surface area contributed by atoms with Gasteiger partial charge in [-0.05, 0) is 56.5 Å². The zero-order valence-corrected chi connectivity index (χ0v) is 17.8. The van der Waals surface area contributed by atoms with Crippen LogP contribution in [0.2, 0.25) is 0 Å². The maximum absolute atomic E-state index is 13.1. The lowest BCUT2D eigenvalue weighted by Gasteiger charge is -2.31. The molecule has 1 aliphatic rings. The van der Waals surface area contributed by atoms with Crippen LogP contribution in [0.3, 0.4) is 0 Å². The van der Waals surface area contributed by atoms with Crippen LogP contribution in [-0.2, 0) is 0 Å². The summed E-state index contributed by atoms with van der Waals surface area (Å²) in [5, 5.41) is 1.08. The van der Waals surface area contributed by atoms with Gasteiger partial charge in [0.05, 0.1) is 16.3 Å². The summed E-state index contributed by atoms with van der Waals surface area (Å²) in [4.78, 5) is 20.0. The Hall–Kier alpha value is -3.34. The topological polar surface area (TPSA) is 47.4 Å². The van der Waals surface area contributed by atoms with Crippen molar-refractivity contribution < 1.29 is 4.74 Å². The quantitative estimate of drug-likeness (QED) is 0.744. The summed E-state index contributed by atoms with van der Waals surface area (Å²) in [7, 11) is 0. The number of likely N-dealkylation sites (tertiary alicyclic amines) is 1. The molecule has 0 bridgehead atoms. The van der Waals surface area contributed by atoms with E-state index in [0.717, 1.165) is 37.4 Å². The van der Waals surface area contributed by atoms with Crippen LogP contribution in [0.25, 0.3) is 17.8 Å². The minimum Gasteiger partial charge on any atom is -0.490 e. The number of hydrogen-bond acceptors (Lipinski definition) is 4. The third kappa shape index (κ3) is 4.79. The lowest BCUT2D eigenvalue weighted by Crippen LogP contribution is -2.47. The number of benzene rings is 1. The van der Waals surface area contributed by atoms with Gasteiger partial charge in [-0.25, -0.2) is 4.98 Å². The molecule has 0 spiro atoms. The molecule has 156 valence electrons. The lowest BCUT2D eigenvalue weighted by atomic mass is 10.1. The highest BCUT2D eigenvalue weighted by Gasteiger charge is 2.18. The third-order valence-electron chi connectivity index (χ3n) is 5.11. The van der Waals surface area contributed by atoms with Gasteiger partial charge in [-0.2, -0.15) is 0 Å². The van der Waals surface area contributed by atoms with E-state index in [1.165, 1.54) is 0 Å². The van der Waals surface area contributed by atoms with Crippen molar-refractivity contribution in [3.8, 4) is 11.4 Å². The van der Waals surface area contributed by atoms with E-state index in [-0.39, 0.29) is 11.7 Å². The van der Waals surface area contributed by atoms with Gasteiger partial charge in [0.1, 0.15) is 17.7 Å². The standard InChI is InChI=1S/C25H29N3O2/c1-5-8-23-24(9-6-2)26-19(4)28(25(23)29)20-10-12-21(13-11-20)30-22-14-17-27(16-7-3)18-15-22/h5-13,16,22H,1-2,14-15,17-18H2,3-4H3/b16-7+,23-8+,24-9+. The highest BCUT2D eigenvalue weighted by Crippen LogP contribution is 2.20. The predicted molar refractivity (Wildman–Crippen MR) is 123 cm³/mol. The number of rotatable bonds is 6. The maximum atomic E-state index is 13.1. The second kappa shape index (κ2) is 9.92. The summed E-state index contributed by atoms with van der Waals surface area (Å²) >= 11 is 0. The fourth-order valence-corrected chi connectivity index (χ4v) is 3.70. The average Bonchev–Trinajstić information content (AvgIpc) is 2.74. The van der Waals surface area contributed by atoms with Crippen molar-refractivity contribution in [1.82, 2.24) is 14.5 Å². The van der Waals surface area contributed by atoms with Crippen molar-refractivity contribution in [2.45, 2.75) is 32.8 Å². The predicted octanol–water partition coefficient (Wildman–Crippen LogP) is 2.85. The molecule has 2 heterocycles. The van der Waals surface area contributed by atoms with Crippen LogP contribution >= 0.6 is 0 Å². The molecule has 0 aliphatic carbocycles. The van der Waals surface area contributed by atoms with Gasteiger partial charge in [0.15, 0.2) is 0 Å². The Morgan fingerprint density at radius 2 is 1.77 bits per heavy atom. The van der Waals surface area contributed by atoms with Crippen molar-refractivity contribution in [1.29, 1.82) is 0 Å². The van der Waals surface area contributed by atoms with Gasteiger partial charge in [-0.3, -0.25) is 9.36 Å². The van der Waals surface area contributed by atoms with E-state index >= 15 is 0 Å². The van der Waals surface area contributed by atoms with Gasteiger partial charge in [0.25, 0.3) is 5.56 Å². The van der Waals surface area contributed by atoms with Gasteiger partial charge >= 0.3 is 0 Å². The molecule has 2 aromatic rings. The highest BCUT2D eigenvalue weighted by atomic mass is 16.5. The SMILES string of the molecule is C=C/C=c1/nc(C)n(-c2ccc(OC3CCN(/C=C/C)CC3)cc2)c(=O)/c1=C/C=C. The maximum Gasteiger partial charge on any atom is 0.265 e. The van der Waals surface area contributed by atoms with Gasteiger partial charge < -0.3 is 9.64 Å². The molecule has 1 aliphatic heterocycles. The molecule has 0 N–H and O–H groups in total. The van der Waals surface area contributed by atoms with Crippen LogP contribution < -0.4 is 20.9 Å². The molecule has 1 saturated heterocycles. The largest absolute Gasteiger partial charge is 0.490 e. The molecular formula is C25H29N3O2. The first kappa shape index (κ1) is 21.4. The molecule has 0 unspecified atom stereocenters. The van der Waals surface area contributed by atoms with Crippen LogP contribution in [0.4, 0.5) is 0 Å². The normalized spacial score (nSPS) is 16.3. The molecule has 1 aromatic carbocycles.